The fourth-order valence-electron chi connectivity index (χ4n) is 1.64. The van der Waals surface area contributed by atoms with Crippen LogP contribution in [0.15, 0.2) is 0 Å². The lowest BCUT2D eigenvalue weighted by atomic mass is 10.0. The predicted octanol–water partition coefficient (Wildman–Crippen LogP) is 0.459. The fraction of sp³-hybridized carbons (Fsp3) is 1.00. The molecule has 1 radical (unpaired) electrons. The first-order chi connectivity index (χ1) is 5.27. The van der Waals surface area contributed by atoms with Gasteiger partial charge in [-0.25, -0.2) is 5.11 Å². The Morgan fingerprint density at radius 2 is 2.27 bits per heavy atom. The van der Waals surface area contributed by atoms with Crippen LogP contribution in [-0.2, 0) is 9.84 Å². The average molecular weight is 173 g/mol. The monoisotopic (exact) mass is 173 g/mol. The summed E-state index contributed by atoms with van der Waals surface area (Å²) in [5.41, 5.74) is 0. The van der Waals surface area contributed by atoms with E-state index in [1.54, 1.807) is 0 Å². The molecule has 1 aliphatic rings. The molecule has 1 atom stereocenters. The first-order valence-electron chi connectivity index (χ1n) is 4.49. The highest BCUT2D eigenvalue weighted by atomic mass is 28.1. The number of ether oxygens (including phenoxy) is 1. The van der Waals surface area contributed by atoms with Crippen molar-refractivity contribution in [3.63, 3.8) is 0 Å². The van der Waals surface area contributed by atoms with Gasteiger partial charge < -0.3 is 4.74 Å². The summed E-state index contributed by atoms with van der Waals surface area (Å²) in [6.45, 7) is 0.982. The van der Waals surface area contributed by atoms with Crippen LogP contribution in [0.4, 0.5) is 0 Å². The maximum atomic E-state index is 10.3. The van der Waals surface area contributed by atoms with Crippen LogP contribution in [0.5, 0.6) is 0 Å². The second-order valence-electron chi connectivity index (χ2n) is 3.56. The van der Waals surface area contributed by atoms with Crippen molar-refractivity contribution in [1.82, 2.24) is 0 Å². The highest BCUT2D eigenvalue weighted by Crippen LogP contribution is 2.25. The molecule has 0 spiro atoms. The molecule has 1 aliphatic heterocycles. The molecule has 1 saturated heterocycles. The van der Waals surface area contributed by atoms with Gasteiger partial charge >= 0.3 is 0 Å². The Labute approximate surface area is 71.4 Å². The zero-order chi connectivity index (χ0) is 8.16. The van der Waals surface area contributed by atoms with E-state index in [4.69, 9.17) is 4.74 Å². The predicted molar refractivity (Wildman–Crippen MR) is 47.3 cm³/mol. The van der Waals surface area contributed by atoms with E-state index in [2.05, 4.69) is 0 Å². The minimum Gasteiger partial charge on any atom is -0.380 e. The maximum absolute atomic E-state index is 10.3. The normalized spacial score (nSPS) is 32.5. The first kappa shape index (κ1) is 9.23. The van der Waals surface area contributed by atoms with Gasteiger partial charge in [-0.1, -0.05) is 0 Å². The molecule has 1 fully saturated rings. The van der Waals surface area contributed by atoms with E-state index >= 15 is 0 Å². The highest BCUT2D eigenvalue weighted by molar-refractivity contribution is 6.14. The molecule has 1 rings (SSSR count). The molecular weight excluding hydrogens is 156 g/mol. The molecule has 1 unspecified atom stereocenters. The SMILES string of the molecule is [O]CCCC1([SiH3])CCCCO1. The van der Waals surface area contributed by atoms with Gasteiger partial charge in [-0.3, -0.25) is 0 Å². The Morgan fingerprint density at radius 1 is 1.45 bits per heavy atom. The van der Waals surface area contributed by atoms with Gasteiger partial charge in [0, 0.05) is 22.1 Å². The molecule has 0 aromatic rings. The van der Waals surface area contributed by atoms with Crippen molar-refractivity contribution >= 4 is 10.2 Å². The van der Waals surface area contributed by atoms with Crippen molar-refractivity contribution < 1.29 is 9.84 Å². The van der Waals surface area contributed by atoms with Gasteiger partial charge in [0.1, 0.15) is 0 Å². The van der Waals surface area contributed by atoms with Crippen LogP contribution in [0.25, 0.3) is 0 Å². The van der Waals surface area contributed by atoms with Gasteiger partial charge in [-0.05, 0) is 32.1 Å². The van der Waals surface area contributed by atoms with Crippen molar-refractivity contribution in [3.05, 3.63) is 0 Å². The Kier molecular flexibility index (Phi) is 3.55. The van der Waals surface area contributed by atoms with Crippen LogP contribution < -0.4 is 0 Å². The van der Waals surface area contributed by atoms with Crippen molar-refractivity contribution in [2.45, 2.75) is 37.3 Å². The molecule has 2 nitrogen and oxygen atoms in total. The molecule has 0 aromatic heterocycles. The molecule has 1 heterocycles. The second-order valence-corrected chi connectivity index (χ2v) is 5.39. The van der Waals surface area contributed by atoms with E-state index in [1.807, 2.05) is 0 Å². The van der Waals surface area contributed by atoms with Gasteiger partial charge in [-0.2, -0.15) is 0 Å². The van der Waals surface area contributed by atoms with Gasteiger partial charge in [-0.15, -0.1) is 0 Å². The Hall–Kier alpha value is 0.137. The Morgan fingerprint density at radius 3 is 2.82 bits per heavy atom. The molecule has 65 valence electrons. The van der Waals surface area contributed by atoms with Crippen LogP contribution >= 0.6 is 0 Å². The summed E-state index contributed by atoms with van der Waals surface area (Å²) < 4.78 is 5.69. The van der Waals surface area contributed by atoms with Crippen LogP contribution in [0.3, 0.4) is 0 Å². The fourth-order valence-corrected chi connectivity index (χ4v) is 2.55. The van der Waals surface area contributed by atoms with Crippen LogP contribution in [0, 0.1) is 0 Å². The maximum Gasteiger partial charge on any atom is 0.0823 e. The van der Waals surface area contributed by atoms with Crippen molar-refractivity contribution in [1.29, 1.82) is 0 Å². The van der Waals surface area contributed by atoms with Gasteiger partial charge in [0.15, 0.2) is 0 Å². The smallest absolute Gasteiger partial charge is 0.0823 e. The minimum atomic E-state index is 0.0628. The summed E-state index contributed by atoms with van der Waals surface area (Å²) >= 11 is 0. The molecule has 11 heavy (non-hydrogen) atoms. The molecular formula is C8H17O2Si. The first-order valence-corrected chi connectivity index (χ1v) is 5.49. The van der Waals surface area contributed by atoms with E-state index < -0.39 is 0 Å². The van der Waals surface area contributed by atoms with E-state index in [-0.39, 0.29) is 11.8 Å². The van der Waals surface area contributed by atoms with Crippen molar-refractivity contribution in [2.75, 3.05) is 13.2 Å². The second kappa shape index (κ2) is 4.23. The summed E-state index contributed by atoms with van der Waals surface area (Å²) in [5, 5.41) is 10.4. The Balaban J connectivity index is 2.25. The zero-order valence-electron chi connectivity index (χ0n) is 7.27. The molecule has 0 aliphatic carbocycles. The third-order valence-corrected chi connectivity index (χ3v) is 3.69. The lowest BCUT2D eigenvalue weighted by Crippen LogP contribution is -2.36. The van der Waals surface area contributed by atoms with Crippen molar-refractivity contribution in [3.8, 4) is 0 Å². The van der Waals surface area contributed by atoms with E-state index in [1.165, 1.54) is 19.3 Å². The largest absolute Gasteiger partial charge is 0.380 e. The van der Waals surface area contributed by atoms with E-state index in [0.717, 1.165) is 29.7 Å². The summed E-state index contributed by atoms with van der Waals surface area (Å²) in [7, 11) is 1.08. The standard InChI is InChI=1S/C8H17O2Si/c9-6-3-5-8(11)4-1-2-7-10-8/h1-7H2,11H3. The summed E-state index contributed by atoms with van der Waals surface area (Å²) in [6, 6.07) is 0. The molecule has 0 N–H and O–H groups in total. The Bertz CT molecular complexity index is 111. The summed E-state index contributed by atoms with van der Waals surface area (Å²) in [4.78, 5) is 0. The summed E-state index contributed by atoms with van der Waals surface area (Å²) in [5.74, 6) is 0. The van der Waals surface area contributed by atoms with Gasteiger partial charge in [0.05, 0.1) is 6.61 Å². The zero-order valence-corrected chi connectivity index (χ0v) is 9.27. The van der Waals surface area contributed by atoms with E-state index in [0.29, 0.717) is 0 Å². The van der Waals surface area contributed by atoms with Crippen LogP contribution in [0.2, 0.25) is 0 Å². The van der Waals surface area contributed by atoms with Gasteiger partial charge in [0.25, 0.3) is 0 Å². The number of hydrogen-bond donors (Lipinski definition) is 0. The van der Waals surface area contributed by atoms with E-state index in [9.17, 15) is 5.11 Å². The third-order valence-electron chi connectivity index (χ3n) is 2.40. The molecule has 0 aromatic carbocycles. The lowest BCUT2D eigenvalue weighted by molar-refractivity contribution is -0.0273. The lowest BCUT2D eigenvalue weighted by Gasteiger charge is -2.33. The number of rotatable bonds is 3. The van der Waals surface area contributed by atoms with Gasteiger partial charge in [0.2, 0.25) is 0 Å². The summed E-state index contributed by atoms with van der Waals surface area (Å²) in [6.07, 6.45) is 5.50. The quantitative estimate of drug-likeness (QED) is 0.570. The molecule has 3 heteroatoms. The van der Waals surface area contributed by atoms with Crippen molar-refractivity contribution in [2.24, 2.45) is 0 Å². The van der Waals surface area contributed by atoms with Crippen LogP contribution in [-0.4, -0.2) is 28.7 Å². The molecule has 0 amide bonds. The number of hydrogen-bond acceptors (Lipinski definition) is 1. The molecule has 0 bridgehead atoms. The minimum absolute atomic E-state index is 0.0628. The van der Waals surface area contributed by atoms with Crippen LogP contribution in [0.1, 0.15) is 32.1 Å². The highest BCUT2D eigenvalue weighted by Gasteiger charge is 2.26. The third kappa shape index (κ3) is 2.93. The molecule has 0 saturated carbocycles. The average Bonchev–Trinajstić information content (AvgIpc) is 2.03. The topological polar surface area (TPSA) is 29.1 Å².